The lowest BCUT2D eigenvalue weighted by atomic mass is 9.96. The summed E-state index contributed by atoms with van der Waals surface area (Å²) in [6, 6.07) is 2.71. The molecular weight excluding hydrogens is 270 g/mol. The van der Waals surface area contributed by atoms with E-state index in [0.717, 1.165) is 41.7 Å². The van der Waals surface area contributed by atoms with E-state index in [1.54, 1.807) is 11.8 Å². The highest BCUT2D eigenvalue weighted by Crippen LogP contribution is 2.22. The number of nitriles is 1. The molecule has 0 radical (unpaired) electrons. The van der Waals surface area contributed by atoms with E-state index in [1.807, 2.05) is 20.8 Å². The lowest BCUT2D eigenvalue weighted by molar-refractivity contribution is 0.372. The summed E-state index contributed by atoms with van der Waals surface area (Å²) < 4.78 is 5.52. The molecule has 1 atom stereocenters. The SMILES string of the molecule is Cc1nc(SCCCCC(C)(C#N)NC(C)C)oc1C. The molecule has 0 aliphatic heterocycles. The molecule has 0 aromatic carbocycles. The highest BCUT2D eigenvalue weighted by atomic mass is 32.2. The van der Waals surface area contributed by atoms with Gasteiger partial charge in [-0.05, 0) is 53.9 Å². The molecule has 112 valence electrons. The fourth-order valence-corrected chi connectivity index (χ4v) is 2.95. The van der Waals surface area contributed by atoms with Gasteiger partial charge in [-0.1, -0.05) is 11.8 Å². The van der Waals surface area contributed by atoms with Crippen LogP contribution in [0.2, 0.25) is 0 Å². The van der Waals surface area contributed by atoms with Crippen LogP contribution < -0.4 is 5.32 Å². The third-order valence-electron chi connectivity index (χ3n) is 3.16. The Balaban J connectivity index is 2.26. The van der Waals surface area contributed by atoms with E-state index in [4.69, 9.17) is 4.42 Å². The summed E-state index contributed by atoms with van der Waals surface area (Å²) in [7, 11) is 0. The average molecular weight is 295 g/mol. The van der Waals surface area contributed by atoms with Crippen LogP contribution in [-0.4, -0.2) is 22.3 Å². The normalized spacial score (nSPS) is 14.2. The number of hydrogen-bond acceptors (Lipinski definition) is 5. The summed E-state index contributed by atoms with van der Waals surface area (Å²) in [6.45, 7) is 10.00. The third kappa shape index (κ3) is 5.56. The number of unbranched alkanes of at least 4 members (excludes halogenated alkanes) is 1. The summed E-state index contributed by atoms with van der Waals surface area (Å²) >= 11 is 1.65. The van der Waals surface area contributed by atoms with E-state index in [0.29, 0.717) is 6.04 Å². The third-order valence-corrected chi connectivity index (χ3v) is 4.07. The van der Waals surface area contributed by atoms with Gasteiger partial charge in [0.2, 0.25) is 0 Å². The van der Waals surface area contributed by atoms with Crippen LogP contribution in [-0.2, 0) is 0 Å². The number of nitrogens with one attached hydrogen (secondary N) is 1. The molecule has 1 unspecified atom stereocenters. The topological polar surface area (TPSA) is 61.9 Å². The van der Waals surface area contributed by atoms with Gasteiger partial charge in [-0.15, -0.1) is 0 Å². The van der Waals surface area contributed by atoms with Gasteiger partial charge in [-0.3, -0.25) is 5.32 Å². The zero-order valence-corrected chi connectivity index (χ0v) is 13.9. The highest BCUT2D eigenvalue weighted by molar-refractivity contribution is 7.99. The second-order valence-electron chi connectivity index (χ2n) is 5.67. The molecule has 0 fully saturated rings. The van der Waals surface area contributed by atoms with Crippen molar-refractivity contribution in [3.05, 3.63) is 11.5 Å². The molecular formula is C15H25N3OS. The van der Waals surface area contributed by atoms with Crippen molar-refractivity contribution >= 4 is 11.8 Å². The Hall–Kier alpha value is -0.990. The zero-order chi connectivity index (χ0) is 15.2. The second kappa shape index (κ2) is 7.70. The quantitative estimate of drug-likeness (QED) is 0.583. The summed E-state index contributed by atoms with van der Waals surface area (Å²) in [5.41, 5.74) is 0.542. The Morgan fingerprint density at radius 3 is 2.60 bits per heavy atom. The van der Waals surface area contributed by atoms with Crippen molar-refractivity contribution in [3.8, 4) is 6.07 Å². The number of oxazole rings is 1. The molecule has 0 spiro atoms. The first-order chi connectivity index (χ1) is 9.36. The van der Waals surface area contributed by atoms with Crippen molar-refractivity contribution in [2.24, 2.45) is 0 Å². The predicted molar refractivity (Wildman–Crippen MR) is 82.8 cm³/mol. The lowest BCUT2D eigenvalue weighted by Crippen LogP contribution is -2.44. The molecule has 1 aromatic rings. The minimum Gasteiger partial charge on any atom is -0.437 e. The number of nitrogens with zero attached hydrogens (tertiary/aromatic N) is 2. The van der Waals surface area contributed by atoms with Crippen molar-refractivity contribution in [3.63, 3.8) is 0 Å². The molecule has 5 heteroatoms. The Morgan fingerprint density at radius 2 is 2.10 bits per heavy atom. The van der Waals surface area contributed by atoms with E-state index in [2.05, 4.69) is 30.2 Å². The first kappa shape index (κ1) is 17.1. The minimum absolute atomic E-state index is 0.326. The van der Waals surface area contributed by atoms with Crippen LogP contribution in [0.4, 0.5) is 0 Å². The largest absolute Gasteiger partial charge is 0.437 e. The fraction of sp³-hybridized carbons (Fsp3) is 0.733. The molecule has 20 heavy (non-hydrogen) atoms. The maximum Gasteiger partial charge on any atom is 0.256 e. The molecule has 1 aromatic heterocycles. The van der Waals surface area contributed by atoms with Crippen LogP contribution in [0.3, 0.4) is 0 Å². The summed E-state index contributed by atoms with van der Waals surface area (Å²) in [6.07, 6.45) is 2.95. The first-order valence-electron chi connectivity index (χ1n) is 7.12. The van der Waals surface area contributed by atoms with Gasteiger partial charge < -0.3 is 4.42 Å². The molecule has 1 N–H and O–H groups in total. The van der Waals surface area contributed by atoms with Crippen LogP contribution in [0, 0.1) is 25.2 Å². The van der Waals surface area contributed by atoms with Crippen LogP contribution in [0.25, 0.3) is 0 Å². The number of aromatic nitrogens is 1. The Kier molecular flexibility index (Phi) is 6.57. The second-order valence-corrected chi connectivity index (χ2v) is 6.72. The van der Waals surface area contributed by atoms with Crippen molar-refractivity contribution in [1.29, 1.82) is 5.26 Å². The van der Waals surface area contributed by atoms with Crippen molar-refractivity contribution < 1.29 is 4.42 Å². The molecule has 4 nitrogen and oxygen atoms in total. The molecule has 0 saturated heterocycles. The average Bonchev–Trinajstić information content (AvgIpc) is 2.67. The molecule has 0 saturated carbocycles. The molecule has 1 heterocycles. The van der Waals surface area contributed by atoms with Gasteiger partial charge in [0.05, 0.1) is 11.8 Å². The fourth-order valence-electron chi connectivity index (χ4n) is 2.04. The van der Waals surface area contributed by atoms with Gasteiger partial charge in [0.15, 0.2) is 0 Å². The highest BCUT2D eigenvalue weighted by Gasteiger charge is 2.23. The molecule has 1 rings (SSSR count). The van der Waals surface area contributed by atoms with E-state index in [-0.39, 0.29) is 0 Å². The standard InChI is InChI=1S/C15H25N3OS/c1-11(2)18-15(5,10-16)8-6-7-9-20-14-17-12(3)13(4)19-14/h11,18H,6-9H2,1-5H3. The maximum absolute atomic E-state index is 9.26. The monoisotopic (exact) mass is 295 g/mol. The number of thioether (sulfide) groups is 1. The first-order valence-corrected chi connectivity index (χ1v) is 8.10. The summed E-state index contributed by atoms with van der Waals surface area (Å²) in [5, 5.41) is 13.3. The van der Waals surface area contributed by atoms with Crippen LogP contribution >= 0.6 is 11.8 Å². The number of aryl methyl sites for hydroxylation is 2. The van der Waals surface area contributed by atoms with Crippen molar-refractivity contribution in [2.75, 3.05) is 5.75 Å². The smallest absolute Gasteiger partial charge is 0.256 e. The van der Waals surface area contributed by atoms with E-state index in [1.165, 1.54) is 0 Å². The van der Waals surface area contributed by atoms with E-state index in [9.17, 15) is 5.26 Å². The molecule has 0 aliphatic carbocycles. The lowest BCUT2D eigenvalue weighted by Gasteiger charge is -2.25. The van der Waals surface area contributed by atoms with Crippen molar-refractivity contribution in [1.82, 2.24) is 10.3 Å². The number of hydrogen-bond donors (Lipinski definition) is 1. The van der Waals surface area contributed by atoms with Crippen molar-refractivity contribution in [2.45, 2.75) is 70.7 Å². The maximum atomic E-state index is 9.26. The van der Waals surface area contributed by atoms with Gasteiger partial charge in [0.1, 0.15) is 11.3 Å². The van der Waals surface area contributed by atoms with Gasteiger partial charge in [0.25, 0.3) is 5.22 Å². The summed E-state index contributed by atoms with van der Waals surface area (Å²) in [5.74, 6) is 1.87. The molecule has 0 aliphatic rings. The van der Waals surface area contributed by atoms with E-state index < -0.39 is 5.54 Å². The van der Waals surface area contributed by atoms with Crippen LogP contribution in [0.1, 0.15) is 51.5 Å². The van der Waals surface area contributed by atoms with Gasteiger partial charge >= 0.3 is 0 Å². The number of rotatable bonds is 8. The van der Waals surface area contributed by atoms with Gasteiger partial charge in [-0.2, -0.15) is 5.26 Å². The van der Waals surface area contributed by atoms with Gasteiger partial charge in [0, 0.05) is 11.8 Å². The zero-order valence-electron chi connectivity index (χ0n) is 13.1. The Bertz CT molecular complexity index is 445. The van der Waals surface area contributed by atoms with Crippen LogP contribution in [0.5, 0.6) is 0 Å². The molecule has 0 bridgehead atoms. The predicted octanol–water partition coefficient (Wildman–Crippen LogP) is 3.83. The Morgan fingerprint density at radius 1 is 1.40 bits per heavy atom. The minimum atomic E-state index is -0.422. The molecule has 0 amide bonds. The van der Waals surface area contributed by atoms with Gasteiger partial charge in [-0.25, -0.2) is 4.98 Å². The van der Waals surface area contributed by atoms with E-state index >= 15 is 0 Å². The summed E-state index contributed by atoms with van der Waals surface area (Å²) in [4.78, 5) is 4.34. The van der Waals surface area contributed by atoms with Crippen LogP contribution in [0.15, 0.2) is 9.64 Å². The Labute approximate surface area is 126 Å².